The Kier molecular flexibility index (Phi) is 52.9. The summed E-state index contributed by atoms with van der Waals surface area (Å²) in [5, 5.41) is 56.5. The van der Waals surface area contributed by atoms with E-state index in [0.29, 0.717) is 47.9 Å². The van der Waals surface area contributed by atoms with Crippen molar-refractivity contribution in [1.82, 2.24) is 5.32 Å². The molecule has 0 bridgehead atoms. The number of fused-ring (bicyclic) bond motifs is 10. The monoisotopic (exact) mass is 1880 g/mol. The van der Waals surface area contributed by atoms with Crippen LogP contribution in [-0.2, 0) is 33.3 Å². The summed E-state index contributed by atoms with van der Waals surface area (Å²) >= 11 is 12.9. The second-order valence-electron chi connectivity index (χ2n) is 32.8. The average Bonchev–Trinajstić information content (AvgIpc) is 1.71. The van der Waals surface area contributed by atoms with Gasteiger partial charge in [0.1, 0.15) is 23.9 Å². The fourth-order valence-corrected chi connectivity index (χ4v) is 20.2. The number of aliphatic hydroxyl groups is 7. The van der Waals surface area contributed by atoms with Crippen LogP contribution in [0.1, 0.15) is 271 Å². The second-order valence-corrected chi connectivity index (χ2v) is 68.5. The second kappa shape index (κ2) is 52.7. The molecular formula is C79H148Cl2I3N2O16V. The summed E-state index contributed by atoms with van der Waals surface area (Å²) in [6.07, 6.45) is 34.5. The minimum Gasteiger partial charge on any atom is -0.363 e. The molecule has 20 atom stereocenters. The zero-order valence-electron chi connectivity index (χ0n) is 67.1. The summed E-state index contributed by atoms with van der Waals surface area (Å²) < 4.78 is 31.0. The molecule has 0 aromatic heterocycles. The van der Waals surface area contributed by atoms with Gasteiger partial charge in [0, 0.05) is 72.5 Å². The molecule has 2 saturated heterocycles. The molecule has 4 unspecified atom stereocenters. The van der Waals surface area contributed by atoms with E-state index in [4.69, 9.17) is 70.7 Å². The Morgan fingerprint density at radius 2 is 1.02 bits per heavy atom. The minimum absolute atomic E-state index is 0. The molecule has 8 aliphatic carbocycles. The van der Waals surface area contributed by atoms with Gasteiger partial charge in [0.25, 0.3) is 0 Å². The van der Waals surface area contributed by atoms with Gasteiger partial charge in [-0.25, -0.2) is 14.4 Å². The zero-order chi connectivity index (χ0) is 77.9. The smallest absolute Gasteiger partial charge is 0.207 e. The molecule has 610 valence electrons. The van der Waals surface area contributed by atoms with E-state index >= 15 is 0 Å². The predicted molar refractivity (Wildman–Crippen MR) is 434 cm³/mol. The first-order valence-electron chi connectivity index (χ1n) is 38.8. The third-order valence-corrected chi connectivity index (χ3v) is 24.8. The number of hydrogen-bond acceptors (Lipinski definition) is 16. The number of carbonyl (C=O) groups is 3. The third-order valence-electron chi connectivity index (χ3n) is 24.7. The van der Waals surface area contributed by atoms with E-state index in [-0.39, 0.29) is 48.2 Å². The quantitative estimate of drug-likeness (QED) is 0.0257. The molecule has 0 aromatic carbocycles. The number of hydrogen-bond donors (Lipinski definition) is 9. The molecule has 0 aromatic rings. The summed E-state index contributed by atoms with van der Waals surface area (Å²) in [6, 6.07) is -0.280. The molecule has 103 heavy (non-hydrogen) atoms. The van der Waals surface area contributed by atoms with E-state index < -0.39 is 35.9 Å². The first kappa shape index (κ1) is 103. The summed E-state index contributed by atoms with van der Waals surface area (Å²) in [4.78, 5) is 34.2. The number of quaternary nitrogens is 1. The van der Waals surface area contributed by atoms with Crippen molar-refractivity contribution in [3.05, 3.63) is 23.3 Å². The van der Waals surface area contributed by atoms with Crippen LogP contribution in [0.3, 0.4) is 0 Å². The van der Waals surface area contributed by atoms with Crippen LogP contribution in [0.2, 0.25) is 0 Å². The number of halogens is 5. The fourth-order valence-electron chi connectivity index (χ4n) is 20.1. The van der Waals surface area contributed by atoms with Crippen LogP contribution in [0.4, 0.5) is 14.4 Å². The average molecular weight is 1880 g/mol. The molecule has 0 radical (unpaired) electrons. The Morgan fingerprint density at radius 3 is 1.37 bits per heavy atom. The molecule has 24 heteroatoms. The van der Waals surface area contributed by atoms with Crippen molar-refractivity contribution >= 4 is 89.2 Å². The third kappa shape index (κ3) is 32.5. The van der Waals surface area contributed by atoms with Gasteiger partial charge in [-0.1, -0.05) is 131 Å². The number of nitrogens with one attached hydrogen (secondary N) is 1. The van der Waals surface area contributed by atoms with Crippen LogP contribution in [0.5, 0.6) is 0 Å². The maximum atomic E-state index is 11.9. The maximum absolute atomic E-state index is 11.9. The molecular weight excluding hydrogens is 1740 g/mol. The van der Waals surface area contributed by atoms with Gasteiger partial charge in [-0.3, -0.25) is 0 Å². The Hall–Kier alpha value is 0.444. The first-order valence-corrected chi connectivity index (χ1v) is 52.7. The molecule has 10 aliphatic rings. The molecule has 2 heterocycles. The Morgan fingerprint density at radius 1 is 0.621 bits per heavy atom. The van der Waals surface area contributed by atoms with Gasteiger partial charge >= 0.3 is 82.5 Å². The number of carbonyl (C=O) groups excluding carboxylic acids is 3. The van der Waals surface area contributed by atoms with Crippen molar-refractivity contribution in [3.8, 4) is 0 Å². The normalized spacial score (nSPS) is 33.8. The van der Waals surface area contributed by atoms with Crippen molar-refractivity contribution in [3.63, 3.8) is 0 Å². The Labute approximate surface area is 674 Å². The van der Waals surface area contributed by atoms with Gasteiger partial charge in [0.05, 0.1) is 19.3 Å². The standard InChI is InChI=1S/C30H50O3.C28H45ClO2.C10H19NO4.C5H11NO2.C2H6O.4CH4O.ClH.3HI.V/c1-7-32-28(31)33-23-15-17-29(5)22(19-23)11-12-24-26-14-13-25(21(4)10-8-9-20(2)3)30(26,6)18-16-27(24)29;1-18(2)7-6-8-19(3)23-11-12-24-22-10-9-20-17-21(31-26(29)30)13-15-27(20,4)25(22)14-16-28(23,24)5;1-10(2,3)15-9(13)11-7-5-4-6-14-8(7)12;6-4-2-1-3-8-5(4)7;1-2-3;4*1-2;;;;;/h11,20-21,23-27H,7-10,12-19H2,1-6H3;9,18-19,21-25H,6-8,10-17H2,1-5H3;7-8,12H,4-6H2,1-3H3,(H,11,13);4-5,7H,1-3,6H2;3H,2H2,1H3;4*2H,1H3;4*1H;/q;;;;;;;;;;;;;+3/p-3/t21-,23+,24+,25-,26+,27+,29+,30-;19-,21+,22+,23-,24+,25+,27+,28-;;;;;;;;;;;;/m01............/s1. The van der Waals surface area contributed by atoms with Gasteiger partial charge in [-0.15, -0.1) is 0 Å². The van der Waals surface area contributed by atoms with Crippen LogP contribution in [0.25, 0.3) is 0 Å². The van der Waals surface area contributed by atoms with Crippen LogP contribution in [0.15, 0.2) is 23.3 Å². The van der Waals surface area contributed by atoms with Gasteiger partial charge < -0.3 is 87.6 Å². The summed E-state index contributed by atoms with van der Waals surface area (Å²) in [5.41, 5.74) is 7.37. The minimum atomic E-state index is -0.925. The van der Waals surface area contributed by atoms with Gasteiger partial charge in [-0.2, -0.15) is 0 Å². The van der Waals surface area contributed by atoms with E-state index in [1.807, 2.05) is 6.92 Å². The number of aliphatic hydroxyl groups excluding tert-OH is 7. The largest absolute Gasteiger partial charge is 0.363 e. The molecule has 0 spiro atoms. The number of amides is 1. The number of alkyl carbamates (subject to hydrolysis) is 1. The summed E-state index contributed by atoms with van der Waals surface area (Å²) in [5.74, 6) is 10.4. The fraction of sp³-hybridized carbons (Fsp3) is 0.911. The van der Waals surface area contributed by atoms with Crippen LogP contribution in [0, 0.1) is 92.7 Å². The topological polar surface area (TPSA) is 288 Å². The number of allylic oxidation sites excluding steroid dienone is 2. The van der Waals surface area contributed by atoms with Crippen molar-refractivity contribution in [2.45, 2.75) is 313 Å². The van der Waals surface area contributed by atoms with E-state index in [0.717, 1.165) is 157 Å². The van der Waals surface area contributed by atoms with E-state index in [1.165, 1.54) is 103 Å². The van der Waals surface area contributed by atoms with Crippen molar-refractivity contribution < 1.29 is 102 Å². The Bertz CT molecular complexity index is 2370. The molecule has 11 N–H and O–H groups in total. The zero-order valence-corrected chi connectivity index (χ0v) is 76.5. The molecule has 6 saturated carbocycles. The molecule has 8 fully saturated rings. The van der Waals surface area contributed by atoms with Crippen LogP contribution >= 0.6 is 71.5 Å². The van der Waals surface area contributed by atoms with Crippen molar-refractivity contribution in [1.29, 1.82) is 0 Å². The molecule has 1 amide bonds. The number of ether oxygens (including phenoxy) is 6. The molecule has 2 aliphatic heterocycles. The molecule has 10 rings (SSSR count). The Balaban J connectivity index is 0.00000136. The van der Waals surface area contributed by atoms with E-state index in [9.17, 15) is 19.5 Å². The van der Waals surface area contributed by atoms with Gasteiger partial charge in [-0.05, 0) is 236 Å². The van der Waals surface area contributed by atoms with Gasteiger partial charge in [0.2, 0.25) is 6.29 Å². The van der Waals surface area contributed by atoms with Crippen molar-refractivity contribution in [2.75, 3.05) is 54.9 Å². The maximum Gasteiger partial charge on any atom is 0.207 e. The van der Waals surface area contributed by atoms with Crippen LogP contribution < -0.4 is 23.5 Å². The summed E-state index contributed by atoms with van der Waals surface area (Å²) in [6.45, 7) is 35.7. The SMILES string of the molecule is CC(C)(C)OC(=O)NC1CCCOC1O.CC(C)CCC[C@@H](C)[C@H]1CC[C@H]2[C@@H]3CC=C4C[C@@H](OC(=O)Cl)CC[C@]4(C)[C@H]3CC[C@]12C.CCO.CCOC(=O)O[C@@H]1CC[C@]2(C)C(=CC[C@@H]3[C@H]4CC[C@@H]([C@@H](C)CCCC(C)C)[C@]4(C)CC[C@H]32)C1.CO.CO.CO.CO.[Cl-].[I][V]([I])[I].[NH3+]C1CCCOC1O. The summed E-state index contributed by atoms with van der Waals surface area (Å²) in [7, 11) is 4.00. The van der Waals surface area contributed by atoms with E-state index in [1.54, 1.807) is 38.8 Å². The van der Waals surface area contributed by atoms with E-state index in [2.05, 4.69) is 152 Å². The first-order chi connectivity index (χ1) is 48.2. The van der Waals surface area contributed by atoms with Gasteiger partial charge in [0.15, 0.2) is 6.29 Å². The van der Waals surface area contributed by atoms with Crippen LogP contribution in [-0.4, -0.2) is 151 Å². The predicted octanol–water partition coefficient (Wildman–Crippen LogP) is 15.2. The number of rotatable bonds is 14. The molecule has 18 nitrogen and oxygen atoms in total. The van der Waals surface area contributed by atoms with Crippen molar-refractivity contribution in [2.24, 2.45) is 92.7 Å².